The zero-order valence-corrected chi connectivity index (χ0v) is 11.8. The van der Waals surface area contributed by atoms with Crippen molar-refractivity contribution in [3.63, 3.8) is 0 Å². The molecule has 0 spiro atoms. The van der Waals surface area contributed by atoms with Gasteiger partial charge in [-0.25, -0.2) is 14.5 Å². The van der Waals surface area contributed by atoms with Gasteiger partial charge in [-0.1, -0.05) is 23.9 Å². The largest absolute Gasteiger partial charge is 0.481 e. The third-order valence-electron chi connectivity index (χ3n) is 2.57. The monoisotopic (exact) mass is 294 g/mol. The van der Waals surface area contributed by atoms with E-state index in [2.05, 4.69) is 10.2 Å². The zero-order valence-electron chi connectivity index (χ0n) is 11.0. The average molecular weight is 294 g/mol. The third kappa shape index (κ3) is 2.85. The predicted octanol–water partition coefficient (Wildman–Crippen LogP) is 0.803. The summed E-state index contributed by atoms with van der Waals surface area (Å²) in [4.78, 5) is 24.4. The second kappa shape index (κ2) is 5.83. The summed E-state index contributed by atoms with van der Waals surface area (Å²) in [6, 6.07) is 7.35. The van der Waals surface area contributed by atoms with Gasteiger partial charge < -0.3 is 10.0 Å². The van der Waals surface area contributed by atoms with Gasteiger partial charge in [0.2, 0.25) is 0 Å². The number of rotatable bonds is 5. The number of para-hydroxylation sites is 2. The number of aromatic nitrogens is 3. The zero-order chi connectivity index (χ0) is 14.7. The molecule has 0 bridgehead atoms. The molecule has 0 aliphatic heterocycles. The Morgan fingerprint density at radius 2 is 2.15 bits per heavy atom. The van der Waals surface area contributed by atoms with Gasteiger partial charge in [0.15, 0.2) is 5.16 Å². The van der Waals surface area contributed by atoms with E-state index in [4.69, 9.17) is 5.11 Å². The molecular weight excluding hydrogens is 280 g/mol. The fourth-order valence-electron chi connectivity index (χ4n) is 1.75. The second-order valence-electron chi connectivity index (χ2n) is 4.21. The minimum Gasteiger partial charge on any atom is -0.481 e. The Labute approximate surface area is 119 Å². The molecule has 1 heterocycles. The fraction of sp³-hybridized carbons (Fsp3) is 0.250. The van der Waals surface area contributed by atoms with Crippen molar-refractivity contribution in [3.05, 3.63) is 34.7 Å². The first kappa shape index (κ1) is 14.2. The van der Waals surface area contributed by atoms with Crippen LogP contribution in [0.4, 0.5) is 5.69 Å². The molecule has 0 aliphatic carbocycles. The van der Waals surface area contributed by atoms with Gasteiger partial charge in [0, 0.05) is 14.1 Å². The van der Waals surface area contributed by atoms with Crippen molar-refractivity contribution >= 4 is 23.4 Å². The van der Waals surface area contributed by atoms with E-state index in [9.17, 15) is 9.59 Å². The molecular formula is C12H14N4O3S. The smallest absolute Gasteiger partial charge is 0.348 e. The Kier molecular flexibility index (Phi) is 4.14. The summed E-state index contributed by atoms with van der Waals surface area (Å²) < 4.78 is 1.38. The van der Waals surface area contributed by atoms with Crippen LogP contribution in [0.1, 0.15) is 0 Å². The van der Waals surface area contributed by atoms with Gasteiger partial charge in [0.05, 0.1) is 17.1 Å². The van der Waals surface area contributed by atoms with Crippen LogP contribution in [0.25, 0.3) is 5.69 Å². The summed E-state index contributed by atoms with van der Waals surface area (Å²) in [5, 5.41) is 15.3. The Hall–Kier alpha value is -2.22. The molecule has 0 aliphatic rings. The number of hydrogen-bond donors (Lipinski definition) is 2. The van der Waals surface area contributed by atoms with Crippen molar-refractivity contribution in [2.75, 3.05) is 24.7 Å². The SMILES string of the molecule is CN(C)c1ccccc1-n1c(SCC(=O)O)n[nH]c1=O. The molecule has 0 unspecified atom stereocenters. The van der Waals surface area contributed by atoms with Gasteiger partial charge in [-0.05, 0) is 12.1 Å². The van der Waals surface area contributed by atoms with Crippen molar-refractivity contribution in [1.82, 2.24) is 14.8 Å². The Balaban J connectivity index is 2.50. The maximum atomic E-state index is 11.9. The highest BCUT2D eigenvalue weighted by molar-refractivity contribution is 7.99. The van der Waals surface area contributed by atoms with Crippen LogP contribution in [0, 0.1) is 0 Å². The molecule has 0 saturated heterocycles. The lowest BCUT2D eigenvalue weighted by molar-refractivity contribution is -0.133. The summed E-state index contributed by atoms with van der Waals surface area (Å²) in [5.74, 6) is -1.12. The van der Waals surface area contributed by atoms with Crippen molar-refractivity contribution in [3.8, 4) is 5.69 Å². The number of benzene rings is 1. The van der Waals surface area contributed by atoms with E-state index in [0.29, 0.717) is 10.8 Å². The number of carboxylic acid groups (broad SMARTS) is 1. The van der Waals surface area contributed by atoms with Crippen LogP contribution in [0.2, 0.25) is 0 Å². The molecule has 2 aromatic rings. The molecule has 0 fully saturated rings. The van der Waals surface area contributed by atoms with Crippen molar-refractivity contribution in [2.45, 2.75) is 5.16 Å². The number of thioether (sulfide) groups is 1. The Morgan fingerprint density at radius 1 is 1.45 bits per heavy atom. The molecule has 106 valence electrons. The van der Waals surface area contributed by atoms with Gasteiger partial charge in [0.25, 0.3) is 0 Å². The number of aromatic amines is 1. The minimum absolute atomic E-state index is 0.158. The quantitative estimate of drug-likeness (QED) is 0.793. The summed E-state index contributed by atoms with van der Waals surface area (Å²) in [6.07, 6.45) is 0. The lowest BCUT2D eigenvalue weighted by atomic mass is 10.2. The second-order valence-corrected chi connectivity index (χ2v) is 5.15. The summed E-state index contributed by atoms with van der Waals surface area (Å²) in [7, 11) is 3.74. The molecule has 1 aromatic heterocycles. The molecule has 1 aromatic carbocycles. The van der Waals surface area contributed by atoms with Crippen molar-refractivity contribution < 1.29 is 9.90 Å². The van der Waals surface area contributed by atoms with Crippen LogP contribution in [-0.4, -0.2) is 45.7 Å². The summed E-state index contributed by atoms with van der Waals surface area (Å²) >= 11 is 0.994. The lowest BCUT2D eigenvalue weighted by Crippen LogP contribution is -2.20. The van der Waals surface area contributed by atoms with Crippen LogP contribution >= 0.6 is 11.8 Å². The first-order chi connectivity index (χ1) is 9.50. The number of H-pyrrole nitrogens is 1. The highest BCUT2D eigenvalue weighted by Gasteiger charge is 2.15. The molecule has 8 heteroatoms. The number of hydrogen-bond acceptors (Lipinski definition) is 5. The van der Waals surface area contributed by atoms with Crippen LogP contribution < -0.4 is 10.6 Å². The number of carboxylic acids is 1. The number of carbonyl (C=O) groups is 1. The van der Waals surface area contributed by atoms with E-state index in [0.717, 1.165) is 17.4 Å². The average Bonchev–Trinajstić information content (AvgIpc) is 2.77. The van der Waals surface area contributed by atoms with Crippen molar-refractivity contribution in [2.24, 2.45) is 0 Å². The maximum Gasteiger partial charge on any atom is 0.348 e. The van der Waals surface area contributed by atoms with E-state index < -0.39 is 11.7 Å². The van der Waals surface area contributed by atoms with E-state index in [-0.39, 0.29) is 5.75 Å². The first-order valence-electron chi connectivity index (χ1n) is 5.79. The number of aliphatic carboxylic acids is 1. The maximum absolute atomic E-state index is 11.9. The Bertz CT molecular complexity index is 677. The molecule has 7 nitrogen and oxygen atoms in total. The number of nitrogens with zero attached hydrogens (tertiary/aromatic N) is 3. The lowest BCUT2D eigenvalue weighted by Gasteiger charge is -2.17. The van der Waals surface area contributed by atoms with E-state index in [1.165, 1.54) is 4.57 Å². The predicted molar refractivity (Wildman–Crippen MR) is 76.9 cm³/mol. The molecule has 2 rings (SSSR count). The van der Waals surface area contributed by atoms with Crippen LogP contribution in [0.3, 0.4) is 0 Å². The fourth-order valence-corrected chi connectivity index (χ4v) is 2.42. The molecule has 2 N–H and O–H groups in total. The highest BCUT2D eigenvalue weighted by atomic mass is 32.2. The van der Waals surface area contributed by atoms with Crippen LogP contribution in [0.15, 0.2) is 34.2 Å². The van der Waals surface area contributed by atoms with Gasteiger partial charge in [-0.3, -0.25) is 4.79 Å². The topological polar surface area (TPSA) is 91.2 Å². The normalized spacial score (nSPS) is 10.5. The standard InChI is InChI=1S/C12H14N4O3S/c1-15(2)8-5-3-4-6-9(8)16-11(19)13-14-12(16)20-7-10(17)18/h3-6H,7H2,1-2H3,(H,13,19)(H,17,18). The first-order valence-corrected chi connectivity index (χ1v) is 6.78. The van der Waals surface area contributed by atoms with Gasteiger partial charge in [0.1, 0.15) is 0 Å². The Morgan fingerprint density at radius 3 is 2.80 bits per heavy atom. The van der Waals surface area contributed by atoms with Gasteiger partial charge in [-0.15, -0.1) is 5.10 Å². The molecule has 0 amide bonds. The highest BCUT2D eigenvalue weighted by Crippen LogP contribution is 2.25. The van der Waals surface area contributed by atoms with E-state index in [1.54, 1.807) is 6.07 Å². The van der Waals surface area contributed by atoms with Gasteiger partial charge in [-0.2, -0.15) is 0 Å². The third-order valence-corrected chi connectivity index (χ3v) is 3.49. The molecule has 20 heavy (non-hydrogen) atoms. The van der Waals surface area contributed by atoms with Crippen LogP contribution in [0.5, 0.6) is 0 Å². The van der Waals surface area contributed by atoms with Crippen molar-refractivity contribution in [1.29, 1.82) is 0 Å². The summed E-state index contributed by atoms with van der Waals surface area (Å²) in [5.41, 5.74) is 1.10. The number of anilines is 1. The summed E-state index contributed by atoms with van der Waals surface area (Å²) in [6.45, 7) is 0. The molecule has 0 saturated carbocycles. The van der Waals surface area contributed by atoms with Crippen LogP contribution in [-0.2, 0) is 4.79 Å². The minimum atomic E-state index is -0.960. The van der Waals surface area contributed by atoms with Gasteiger partial charge >= 0.3 is 11.7 Å². The van der Waals surface area contributed by atoms with E-state index >= 15 is 0 Å². The number of nitrogens with one attached hydrogen (secondary N) is 1. The van der Waals surface area contributed by atoms with E-state index in [1.807, 2.05) is 37.2 Å². The molecule has 0 atom stereocenters. The molecule has 0 radical (unpaired) electrons.